The SMILES string of the molecule is CCCCCCCCCCCCCCCCNC(=O)C=Cc1ccc(-c2[nH]c(-c3ccc(-c4cc(C(=O)OCC)on4)cc3)nc2-c2ccc(C=CC(=O)OC(C)(C)C)cc2)cc1. The van der Waals surface area contributed by atoms with Crippen LogP contribution >= 0.6 is 0 Å². The van der Waals surface area contributed by atoms with E-state index in [1.165, 1.54) is 83.1 Å². The maximum absolute atomic E-state index is 12.6. The predicted molar refractivity (Wildman–Crippen MR) is 254 cm³/mol. The summed E-state index contributed by atoms with van der Waals surface area (Å²) in [6.07, 6.45) is 24.9. The van der Waals surface area contributed by atoms with E-state index in [0.717, 1.165) is 57.6 Å². The summed E-state index contributed by atoms with van der Waals surface area (Å²) >= 11 is 0. The molecule has 0 saturated heterocycles. The lowest BCUT2D eigenvalue weighted by Gasteiger charge is -2.17. The van der Waals surface area contributed by atoms with Crippen LogP contribution in [0.1, 0.15) is 146 Å². The number of nitrogens with one attached hydrogen (secondary N) is 2. The second-order valence-corrected chi connectivity index (χ2v) is 17.0. The number of imidazole rings is 1. The molecule has 3 aromatic carbocycles. The molecule has 2 N–H and O–H groups in total. The summed E-state index contributed by atoms with van der Waals surface area (Å²) in [5, 5.41) is 7.08. The molecule has 2 heterocycles. The zero-order valence-corrected chi connectivity index (χ0v) is 38.0. The van der Waals surface area contributed by atoms with Crippen LogP contribution in [0.4, 0.5) is 0 Å². The van der Waals surface area contributed by atoms with E-state index in [2.05, 4.69) is 22.4 Å². The van der Waals surface area contributed by atoms with Gasteiger partial charge in [-0.2, -0.15) is 0 Å². The number of aromatic amines is 1. The van der Waals surface area contributed by atoms with Crippen LogP contribution in [-0.2, 0) is 19.1 Å². The maximum atomic E-state index is 12.6. The zero-order chi connectivity index (χ0) is 44.9. The summed E-state index contributed by atoms with van der Waals surface area (Å²) in [5.41, 5.74) is 6.68. The van der Waals surface area contributed by atoms with Gasteiger partial charge in [0.2, 0.25) is 11.7 Å². The molecule has 0 aliphatic carbocycles. The molecule has 5 aromatic rings. The summed E-state index contributed by atoms with van der Waals surface area (Å²) in [6, 6.07) is 25.0. The Hall–Kier alpha value is -6.03. The Morgan fingerprint density at radius 1 is 0.667 bits per heavy atom. The van der Waals surface area contributed by atoms with Crippen LogP contribution in [0, 0.1) is 0 Å². The minimum absolute atomic E-state index is 0.0442. The zero-order valence-electron chi connectivity index (χ0n) is 38.0. The van der Waals surface area contributed by atoms with Crippen molar-refractivity contribution in [3.63, 3.8) is 0 Å². The van der Waals surface area contributed by atoms with E-state index in [4.69, 9.17) is 19.0 Å². The number of ether oxygens (including phenoxy) is 2. The highest BCUT2D eigenvalue weighted by atomic mass is 16.6. The van der Waals surface area contributed by atoms with E-state index in [-0.39, 0.29) is 18.3 Å². The lowest BCUT2D eigenvalue weighted by atomic mass is 10.0. The number of rotatable bonds is 25. The van der Waals surface area contributed by atoms with Gasteiger partial charge in [0.1, 0.15) is 17.1 Å². The Labute approximate surface area is 374 Å². The fourth-order valence-corrected chi connectivity index (χ4v) is 7.21. The minimum Gasteiger partial charge on any atom is -0.460 e. The summed E-state index contributed by atoms with van der Waals surface area (Å²) in [5.74, 6) is -0.350. The number of hydrogen-bond donors (Lipinski definition) is 2. The summed E-state index contributed by atoms with van der Waals surface area (Å²) in [7, 11) is 0. The van der Waals surface area contributed by atoms with Crippen LogP contribution in [0.15, 0.2) is 95.5 Å². The Balaban J connectivity index is 1.19. The first-order valence-corrected chi connectivity index (χ1v) is 23.0. The van der Waals surface area contributed by atoms with E-state index in [1.54, 1.807) is 25.1 Å². The molecule has 0 bridgehead atoms. The number of unbranched alkanes of at least 4 members (excludes halogenated alkanes) is 13. The number of amides is 1. The number of benzene rings is 3. The normalized spacial score (nSPS) is 11.7. The van der Waals surface area contributed by atoms with Crippen LogP contribution in [0.3, 0.4) is 0 Å². The van der Waals surface area contributed by atoms with Crippen molar-refractivity contribution < 1.29 is 28.4 Å². The van der Waals surface area contributed by atoms with Gasteiger partial charge in [-0.05, 0) is 57.4 Å². The van der Waals surface area contributed by atoms with Gasteiger partial charge < -0.3 is 24.3 Å². The number of esters is 2. The topological polar surface area (TPSA) is 136 Å². The Kier molecular flexibility index (Phi) is 19.2. The minimum atomic E-state index is -0.572. The molecule has 0 fully saturated rings. The molecule has 1 amide bonds. The van der Waals surface area contributed by atoms with Gasteiger partial charge in [-0.15, -0.1) is 0 Å². The molecule has 2 aromatic heterocycles. The average molecular weight is 855 g/mol. The molecule has 0 aliphatic rings. The van der Waals surface area contributed by atoms with Crippen molar-refractivity contribution in [3.8, 4) is 45.2 Å². The van der Waals surface area contributed by atoms with Gasteiger partial charge >= 0.3 is 11.9 Å². The number of H-pyrrole nitrogens is 1. The van der Waals surface area contributed by atoms with Crippen LogP contribution in [-0.4, -0.2) is 51.7 Å². The Morgan fingerprint density at radius 2 is 1.19 bits per heavy atom. The molecule has 0 saturated carbocycles. The van der Waals surface area contributed by atoms with Crippen molar-refractivity contribution in [2.45, 2.75) is 130 Å². The molecule has 334 valence electrons. The van der Waals surface area contributed by atoms with Gasteiger partial charge in [0.05, 0.1) is 18.0 Å². The van der Waals surface area contributed by atoms with Crippen LogP contribution in [0.5, 0.6) is 0 Å². The number of carbonyl (C=O) groups excluding carboxylic acids is 3. The number of carbonyl (C=O) groups is 3. The molecule has 0 unspecified atom stereocenters. The van der Waals surface area contributed by atoms with E-state index < -0.39 is 17.5 Å². The summed E-state index contributed by atoms with van der Waals surface area (Å²) in [4.78, 5) is 45.6. The van der Waals surface area contributed by atoms with Crippen molar-refractivity contribution in [1.82, 2.24) is 20.4 Å². The molecule has 0 aliphatic heterocycles. The van der Waals surface area contributed by atoms with Gasteiger partial charge in [-0.1, -0.05) is 168 Å². The number of aromatic nitrogens is 3. The van der Waals surface area contributed by atoms with Crippen molar-refractivity contribution >= 4 is 30.0 Å². The van der Waals surface area contributed by atoms with Crippen molar-refractivity contribution in [2.75, 3.05) is 13.2 Å². The first-order valence-electron chi connectivity index (χ1n) is 23.0. The van der Waals surface area contributed by atoms with Crippen LogP contribution in [0.25, 0.3) is 57.3 Å². The fourth-order valence-electron chi connectivity index (χ4n) is 7.21. The Morgan fingerprint density at radius 3 is 1.76 bits per heavy atom. The largest absolute Gasteiger partial charge is 0.460 e. The van der Waals surface area contributed by atoms with E-state index in [1.807, 2.05) is 99.6 Å². The quantitative estimate of drug-likeness (QED) is 0.0336. The third kappa shape index (κ3) is 16.3. The lowest BCUT2D eigenvalue weighted by Crippen LogP contribution is -2.22. The van der Waals surface area contributed by atoms with Gasteiger partial charge in [-0.3, -0.25) is 4.79 Å². The second kappa shape index (κ2) is 25.2. The van der Waals surface area contributed by atoms with Gasteiger partial charge in [0, 0.05) is 47.0 Å². The maximum Gasteiger partial charge on any atom is 0.377 e. The van der Waals surface area contributed by atoms with E-state index in [9.17, 15) is 14.4 Å². The highest BCUT2D eigenvalue weighted by molar-refractivity contribution is 5.92. The third-order valence-electron chi connectivity index (χ3n) is 10.6. The molecular formula is C53H66N4O6. The van der Waals surface area contributed by atoms with Gasteiger partial charge in [-0.25, -0.2) is 14.6 Å². The van der Waals surface area contributed by atoms with Crippen molar-refractivity contribution in [1.29, 1.82) is 0 Å². The summed E-state index contributed by atoms with van der Waals surface area (Å²) in [6.45, 7) is 10.4. The average Bonchev–Trinajstić information content (AvgIpc) is 3.96. The predicted octanol–water partition coefficient (Wildman–Crippen LogP) is 13.2. The molecule has 63 heavy (non-hydrogen) atoms. The lowest BCUT2D eigenvalue weighted by molar-refractivity contribution is -0.148. The molecule has 0 radical (unpaired) electrons. The van der Waals surface area contributed by atoms with E-state index in [0.29, 0.717) is 18.1 Å². The van der Waals surface area contributed by atoms with Crippen LogP contribution in [0.2, 0.25) is 0 Å². The van der Waals surface area contributed by atoms with Crippen molar-refractivity contribution in [3.05, 3.63) is 108 Å². The van der Waals surface area contributed by atoms with Crippen molar-refractivity contribution in [2.24, 2.45) is 0 Å². The fraction of sp³-hybridized carbons (Fsp3) is 0.415. The highest BCUT2D eigenvalue weighted by Gasteiger charge is 2.18. The number of hydrogen-bond acceptors (Lipinski definition) is 8. The smallest absolute Gasteiger partial charge is 0.377 e. The first kappa shape index (κ1) is 48.0. The molecule has 0 spiro atoms. The monoisotopic (exact) mass is 854 g/mol. The molecular weight excluding hydrogens is 789 g/mol. The van der Waals surface area contributed by atoms with Gasteiger partial charge in [0.25, 0.3) is 0 Å². The standard InChI is InChI=1S/C53H66N4O6/c1-6-8-9-10-11-12-13-14-15-16-17-18-19-20-37-54-47(58)35-25-39-21-27-42(28-22-39)49-50(43-29-23-40(24-30-43)26-36-48(59)62-53(3,4)5)56-51(55-49)44-33-31-41(32-34-44)45-38-46(63-57-45)52(60)61-7-2/h21-36,38H,6-20,37H2,1-5H3,(H,54,58)(H,55,56). The highest BCUT2D eigenvalue weighted by Crippen LogP contribution is 2.34. The number of nitrogens with zero attached hydrogens (tertiary/aromatic N) is 2. The second-order valence-electron chi connectivity index (χ2n) is 17.0. The third-order valence-corrected chi connectivity index (χ3v) is 10.6. The molecule has 0 atom stereocenters. The molecule has 10 nitrogen and oxygen atoms in total. The summed E-state index contributed by atoms with van der Waals surface area (Å²) < 4.78 is 15.7. The Bertz CT molecular complexity index is 2220. The van der Waals surface area contributed by atoms with Gasteiger partial charge in [0.15, 0.2) is 0 Å². The van der Waals surface area contributed by atoms with E-state index >= 15 is 0 Å². The first-order chi connectivity index (χ1) is 30.5. The molecule has 10 heteroatoms. The van der Waals surface area contributed by atoms with Crippen LogP contribution < -0.4 is 5.32 Å². The molecule has 5 rings (SSSR count).